The molecule has 1 heterocycles. The van der Waals surface area contributed by atoms with E-state index >= 15 is 0 Å². The zero-order chi connectivity index (χ0) is 22.8. The number of rotatable bonds is 7. The van der Waals surface area contributed by atoms with E-state index in [1.807, 2.05) is 80.9 Å². The molecule has 1 N–H and O–H groups in total. The fourth-order valence-corrected chi connectivity index (χ4v) is 3.31. The molecule has 31 heavy (non-hydrogen) atoms. The van der Waals surface area contributed by atoms with Crippen molar-refractivity contribution >= 4 is 11.7 Å². The molecule has 2 aromatic carbocycles. The van der Waals surface area contributed by atoms with E-state index in [0.29, 0.717) is 11.6 Å². The van der Waals surface area contributed by atoms with Crippen LogP contribution in [0.4, 0.5) is 5.82 Å². The van der Waals surface area contributed by atoms with Crippen molar-refractivity contribution in [3.8, 4) is 11.5 Å². The highest BCUT2D eigenvalue weighted by Gasteiger charge is 2.31. The number of aryl methyl sites for hydroxylation is 3. The van der Waals surface area contributed by atoms with Crippen LogP contribution < -0.4 is 14.8 Å². The predicted molar refractivity (Wildman–Crippen MR) is 123 cm³/mol. The van der Waals surface area contributed by atoms with Crippen molar-refractivity contribution < 1.29 is 14.3 Å². The molecule has 1 atom stereocenters. The number of ether oxygens (including phenoxy) is 2. The number of methoxy groups -OCH3 is 1. The first kappa shape index (κ1) is 22.4. The Morgan fingerprint density at radius 1 is 1.00 bits per heavy atom. The molecular formula is C25H31N3O3. The minimum absolute atomic E-state index is 0.0707. The van der Waals surface area contributed by atoms with Gasteiger partial charge in [-0.3, -0.25) is 4.79 Å². The van der Waals surface area contributed by atoms with Gasteiger partial charge in [0, 0.05) is 6.07 Å². The lowest BCUT2D eigenvalue weighted by Gasteiger charge is -2.26. The molecule has 0 fully saturated rings. The average molecular weight is 422 g/mol. The van der Waals surface area contributed by atoms with E-state index in [0.717, 1.165) is 22.6 Å². The summed E-state index contributed by atoms with van der Waals surface area (Å²) in [6.45, 7) is 11.5. The highest BCUT2D eigenvalue weighted by molar-refractivity contribution is 5.96. The van der Waals surface area contributed by atoms with Gasteiger partial charge in [0.25, 0.3) is 5.91 Å². The van der Waals surface area contributed by atoms with Gasteiger partial charge in [0.15, 0.2) is 5.60 Å². The number of hydrogen-bond acceptors (Lipinski definition) is 4. The maximum Gasteiger partial charge on any atom is 0.269 e. The molecule has 0 bridgehead atoms. The largest absolute Gasteiger partial charge is 0.497 e. The van der Waals surface area contributed by atoms with Crippen molar-refractivity contribution in [2.75, 3.05) is 12.4 Å². The van der Waals surface area contributed by atoms with Crippen LogP contribution in [0, 0.1) is 20.8 Å². The number of hydrogen-bond donors (Lipinski definition) is 1. The van der Waals surface area contributed by atoms with Crippen LogP contribution in [-0.2, 0) is 4.79 Å². The first-order valence-electron chi connectivity index (χ1n) is 10.4. The number of nitrogens with zero attached hydrogens (tertiary/aromatic N) is 2. The molecule has 0 aliphatic rings. The van der Waals surface area contributed by atoms with Crippen LogP contribution in [0.15, 0.2) is 48.5 Å². The molecule has 0 aliphatic heterocycles. The minimum Gasteiger partial charge on any atom is -0.497 e. The lowest BCUT2D eigenvalue weighted by molar-refractivity contribution is -0.128. The molecule has 0 saturated carbocycles. The molecule has 1 aromatic heterocycles. The van der Waals surface area contributed by atoms with E-state index in [1.54, 1.807) is 21.0 Å². The van der Waals surface area contributed by atoms with Gasteiger partial charge in [-0.1, -0.05) is 18.2 Å². The van der Waals surface area contributed by atoms with E-state index in [2.05, 4.69) is 10.4 Å². The van der Waals surface area contributed by atoms with Gasteiger partial charge >= 0.3 is 0 Å². The van der Waals surface area contributed by atoms with E-state index < -0.39 is 5.60 Å². The van der Waals surface area contributed by atoms with Crippen LogP contribution >= 0.6 is 0 Å². The van der Waals surface area contributed by atoms with Crippen molar-refractivity contribution in [1.82, 2.24) is 9.78 Å². The van der Waals surface area contributed by atoms with Gasteiger partial charge in [0.1, 0.15) is 17.3 Å². The van der Waals surface area contributed by atoms with Crippen LogP contribution in [-0.4, -0.2) is 28.4 Å². The lowest BCUT2D eigenvalue weighted by Crippen LogP contribution is -2.43. The Morgan fingerprint density at radius 3 is 2.26 bits per heavy atom. The maximum atomic E-state index is 13.1. The fourth-order valence-electron chi connectivity index (χ4n) is 3.31. The summed E-state index contributed by atoms with van der Waals surface area (Å²) in [6, 6.07) is 15.5. The second-order valence-corrected chi connectivity index (χ2v) is 8.38. The van der Waals surface area contributed by atoms with E-state index in [9.17, 15) is 4.79 Å². The van der Waals surface area contributed by atoms with Crippen LogP contribution in [0.3, 0.4) is 0 Å². The highest BCUT2D eigenvalue weighted by Crippen LogP contribution is 2.27. The van der Waals surface area contributed by atoms with Gasteiger partial charge in [-0.2, -0.15) is 5.10 Å². The van der Waals surface area contributed by atoms with Crippen LogP contribution in [0.5, 0.6) is 11.5 Å². The number of anilines is 1. The molecule has 3 rings (SSSR count). The summed E-state index contributed by atoms with van der Waals surface area (Å²) < 4.78 is 13.1. The Hall–Kier alpha value is -3.28. The topological polar surface area (TPSA) is 65.4 Å². The van der Waals surface area contributed by atoms with Crippen molar-refractivity contribution in [1.29, 1.82) is 0 Å². The molecule has 164 valence electrons. The quantitative estimate of drug-likeness (QED) is 0.568. The molecule has 0 radical (unpaired) electrons. The Bertz CT molecular complexity index is 1070. The smallest absolute Gasteiger partial charge is 0.269 e. The molecule has 1 unspecified atom stereocenters. The van der Waals surface area contributed by atoms with Crippen LogP contribution in [0.25, 0.3) is 0 Å². The third-order valence-corrected chi connectivity index (χ3v) is 5.46. The molecule has 3 aromatic rings. The number of carbonyl (C=O) groups excluding carboxylic acids is 1. The number of benzene rings is 2. The number of aromatic nitrogens is 2. The summed E-state index contributed by atoms with van der Waals surface area (Å²) in [6.07, 6.45) is 0. The SMILES string of the molecule is COc1ccc(C(C)n2nc(C)cc2NC(=O)C(C)(C)Oc2ccc(C)c(C)c2)cc1. The van der Waals surface area contributed by atoms with E-state index in [1.165, 1.54) is 5.56 Å². The Morgan fingerprint density at radius 2 is 1.65 bits per heavy atom. The van der Waals surface area contributed by atoms with Crippen molar-refractivity contribution in [2.24, 2.45) is 0 Å². The molecule has 0 saturated heterocycles. The standard InChI is InChI=1S/C25H31N3O3/c1-16-8-11-22(14-17(16)2)31-25(5,6)24(29)26-23-15-18(3)27-28(23)19(4)20-9-12-21(30-7)13-10-20/h8-15,19H,1-7H3,(H,26,29). The summed E-state index contributed by atoms with van der Waals surface area (Å²) >= 11 is 0. The molecule has 6 heteroatoms. The molecule has 6 nitrogen and oxygen atoms in total. The fraction of sp³-hybridized carbons (Fsp3) is 0.360. The first-order chi connectivity index (χ1) is 14.6. The summed E-state index contributed by atoms with van der Waals surface area (Å²) in [5.41, 5.74) is 3.12. The first-order valence-corrected chi connectivity index (χ1v) is 10.4. The Balaban J connectivity index is 1.79. The molecule has 0 spiro atoms. The van der Waals surface area contributed by atoms with Crippen molar-refractivity contribution in [2.45, 2.75) is 53.2 Å². The lowest BCUT2D eigenvalue weighted by atomic mass is 10.1. The summed E-state index contributed by atoms with van der Waals surface area (Å²) in [4.78, 5) is 13.1. The third kappa shape index (κ3) is 5.08. The molecule has 0 aliphatic carbocycles. The number of nitrogens with one attached hydrogen (secondary N) is 1. The van der Waals surface area contributed by atoms with Gasteiger partial charge in [-0.05, 0) is 82.5 Å². The zero-order valence-electron chi connectivity index (χ0n) is 19.3. The Labute approximate surface area is 184 Å². The molecule has 1 amide bonds. The van der Waals surface area contributed by atoms with Crippen LogP contribution in [0.1, 0.15) is 49.2 Å². The monoisotopic (exact) mass is 421 g/mol. The minimum atomic E-state index is -1.06. The second kappa shape index (κ2) is 8.84. The van der Waals surface area contributed by atoms with Gasteiger partial charge in [0.2, 0.25) is 0 Å². The predicted octanol–water partition coefficient (Wildman–Crippen LogP) is 5.22. The Kier molecular flexibility index (Phi) is 6.39. The summed E-state index contributed by atoms with van der Waals surface area (Å²) in [7, 11) is 1.64. The second-order valence-electron chi connectivity index (χ2n) is 8.38. The van der Waals surface area contributed by atoms with Gasteiger partial charge in [-0.15, -0.1) is 0 Å². The van der Waals surface area contributed by atoms with Gasteiger partial charge < -0.3 is 14.8 Å². The molecular weight excluding hydrogens is 390 g/mol. The highest BCUT2D eigenvalue weighted by atomic mass is 16.5. The van der Waals surface area contributed by atoms with E-state index in [-0.39, 0.29) is 11.9 Å². The summed E-state index contributed by atoms with van der Waals surface area (Å²) in [5.74, 6) is 1.85. The van der Waals surface area contributed by atoms with Crippen molar-refractivity contribution in [3.63, 3.8) is 0 Å². The third-order valence-electron chi connectivity index (χ3n) is 5.46. The summed E-state index contributed by atoms with van der Waals surface area (Å²) in [5, 5.41) is 7.60. The number of amides is 1. The van der Waals surface area contributed by atoms with Gasteiger partial charge in [0.05, 0.1) is 18.8 Å². The zero-order valence-corrected chi connectivity index (χ0v) is 19.3. The maximum absolute atomic E-state index is 13.1. The normalized spacial score (nSPS) is 12.4. The van der Waals surface area contributed by atoms with E-state index in [4.69, 9.17) is 9.47 Å². The van der Waals surface area contributed by atoms with Crippen molar-refractivity contribution in [3.05, 3.63) is 70.9 Å². The van der Waals surface area contributed by atoms with Gasteiger partial charge in [-0.25, -0.2) is 4.68 Å². The number of carbonyl (C=O) groups is 1. The average Bonchev–Trinajstić information content (AvgIpc) is 3.10. The van der Waals surface area contributed by atoms with Crippen LogP contribution in [0.2, 0.25) is 0 Å².